The van der Waals surface area contributed by atoms with Crippen LogP contribution in [-0.4, -0.2) is 50.3 Å². The van der Waals surface area contributed by atoms with Crippen molar-refractivity contribution in [2.75, 3.05) is 18.4 Å². The summed E-state index contributed by atoms with van der Waals surface area (Å²) in [6, 6.07) is 28.5. The summed E-state index contributed by atoms with van der Waals surface area (Å²) in [6.07, 6.45) is 0.374. The Labute approximate surface area is 229 Å². The van der Waals surface area contributed by atoms with Gasteiger partial charge in [-0.2, -0.15) is 8.42 Å². The molecule has 3 aromatic carbocycles. The van der Waals surface area contributed by atoms with E-state index in [2.05, 4.69) is 0 Å². The zero-order chi connectivity index (χ0) is 27.1. The molecule has 0 heterocycles. The average Bonchev–Trinajstić information content (AvgIpc) is 2.95. The van der Waals surface area contributed by atoms with E-state index in [9.17, 15) is 13.5 Å². The van der Waals surface area contributed by atoms with Crippen LogP contribution < -0.4 is 0 Å². The van der Waals surface area contributed by atoms with Crippen molar-refractivity contribution in [3.8, 4) is 0 Å². The van der Waals surface area contributed by atoms with Gasteiger partial charge < -0.3 is 19.3 Å². The molecule has 0 saturated carbocycles. The number of benzene rings is 3. The van der Waals surface area contributed by atoms with Crippen molar-refractivity contribution >= 4 is 21.7 Å². The molecule has 7 nitrogen and oxygen atoms in total. The van der Waals surface area contributed by atoms with Gasteiger partial charge in [0.15, 0.2) is 0 Å². The summed E-state index contributed by atoms with van der Waals surface area (Å²) in [5.74, 6) is 0. The van der Waals surface area contributed by atoms with Crippen molar-refractivity contribution in [3.63, 3.8) is 0 Å². The van der Waals surface area contributed by atoms with E-state index in [1.165, 1.54) is 6.08 Å². The third-order valence-electron chi connectivity index (χ3n) is 5.49. The topological polar surface area (TPSA) is 91.3 Å². The summed E-state index contributed by atoms with van der Waals surface area (Å²) in [5, 5.41) is 8.74. The molecule has 1 N–H and O–H groups in total. The van der Waals surface area contributed by atoms with E-state index >= 15 is 0 Å². The van der Waals surface area contributed by atoms with E-state index in [4.69, 9.17) is 30.0 Å². The van der Waals surface area contributed by atoms with E-state index in [0.717, 1.165) is 16.7 Å². The fraction of sp³-hybridized carbons (Fsp3) is 0.310. The van der Waals surface area contributed by atoms with Crippen LogP contribution in [0.2, 0.25) is 0 Å². The van der Waals surface area contributed by atoms with Gasteiger partial charge in [0.25, 0.3) is 10.1 Å². The summed E-state index contributed by atoms with van der Waals surface area (Å²) in [4.78, 5) is 0. The minimum Gasteiger partial charge on any atom is -0.392 e. The Kier molecular flexibility index (Phi) is 13.0. The zero-order valence-electron chi connectivity index (χ0n) is 21.0. The number of aliphatic hydroxyl groups is 1. The van der Waals surface area contributed by atoms with Gasteiger partial charge in [-0.1, -0.05) is 103 Å². The van der Waals surface area contributed by atoms with E-state index in [0.29, 0.717) is 0 Å². The predicted molar refractivity (Wildman–Crippen MR) is 147 cm³/mol. The van der Waals surface area contributed by atoms with E-state index in [-0.39, 0.29) is 33.0 Å². The fourth-order valence-corrected chi connectivity index (χ4v) is 4.41. The largest absolute Gasteiger partial charge is 0.392 e. The van der Waals surface area contributed by atoms with Crippen LogP contribution in [0.15, 0.2) is 103 Å². The number of hydrogen-bond acceptors (Lipinski definition) is 7. The Morgan fingerprint density at radius 3 is 1.76 bits per heavy atom. The molecule has 0 aromatic heterocycles. The Balaban J connectivity index is 1.87. The number of rotatable bonds is 17. The molecule has 0 radical (unpaired) electrons. The normalized spacial score (nSPS) is 14.4. The van der Waals surface area contributed by atoms with Crippen molar-refractivity contribution in [1.29, 1.82) is 0 Å². The van der Waals surface area contributed by atoms with Gasteiger partial charge in [0.2, 0.25) is 0 Å². The first kappa shape index (κ1) is 30.0. The van der Waals surface area contributed by atoms with Gasteiger partial charge in [-0.3, -0.25) is 4.18 Å². The molecule has 0 fully saturated rings. The summed E-state index contributed by atoms with van der Waals surface area (Å²) in [7, 11) is -4.09. The molecule has 1 unspecified atom stereocenters. The summed E-state index contributed by atoms with van der Waals surface area (Å²) in [5.41, 5.74) is 2.72. The highest BCUT2D eigenvalue weighted by atomic mass is 35.5. The summed E-state index contributed by atoms with van der Waals surface area (Å²) < 4.78 is 48.8. The molecule has 0 saturated heterocycles. The maximum atomic E-state index is 12.5. The van der Waals surface area contributed by atoms with Crippen molar-refractivity contribution < 1.29 is 31.9 Å². The fourth-order valence-electron chi connectivity index (χ4n) is 3.66. The third kappa shape index (κ3) is 10.7. The number of aliphatic hydroxyl groups excluding tert-OH is 1. The van der Waals surface area contributed by atoms with E-state index < -0.39 is 33.6 Å². The lowest BCUT2D eigenvalue weighted by Gasteiger charge is -2.32. The first-order valence-electron chi connectivity index (χ1n) is 12.2. The first-order valence-corrected chi connectivity index (χ1v) is 14.3. The Morgan fingerprint density at radius 1 is 0.763 bits per heavy atom. The van der Waals surface area contributed by atoms with Crippen LogP contribution in [0, 0.1) is 0 Å². The Bertz CT molecular complexity index is 1180. The van der Waals surface area contributed by atoms with Gasteiger partial charge in [-0.05, 0) is 16.7 Å². The monoisotopic (exact) mass is 560 g/mol. The zero-order valence-corrected chi connectivity index (χ0v) is 22.5. The molecule has 3 aromatic rings. The highest BCUT2D eigenvalue weighted by Gasteiger charge is 2.35. The highest BCUT2D eigenvalue weighted by Crippen LogP contribution is 2.21. The SMILES string of the molecule is O=S(=O)(CCl)O[C@@H](COCc1ccccc1)C(OCc1ccccc1)[C@@H](/C=C/CO)OCc1ccccc1. The van der Waals surface area contributed by atoms with Gasteiger partial charge in [-0.25, -0.2) is 0 Å². The molecule has 0 aliphatic carbocycles. The second-order valence-electron chi connectivity index (χ2n) is 8.44. The predicted octanol–water partition coefficient (Wildman–Crippen LogP) is 4.83. The van der Waals surface area contributed by atoms with Gasteiger partial charge in [-0.15, -0.1) is 11.6 Å². The highest BCUT2D eigenvalue weighted by molar-refractivity contribution is 7.87. The second-order valence-corrected chi connectivity index (χ2v) is 10.6. The van der Waals surface area contributed by atoms with Gasteiger partial charge >= 0.3 is 0 Å². The summed E-state index contributed by atoms with van der Waals surface area (Å²) >= 11 is 5.68. The number of ether oxygens (including phenoxy) is 3. The van der Waals surface area contributed by atoms with Crippen molar-refractivity contribution in [2.45, 2.75) is 38.1 Å². The second kappa shape index (κ2) is 16.4. The molecule has 3 rings (SSSR count). The maximum Gasteiger partial charge on any atom is 0.281 e. The van der Waals surface area contributed by atoms with Gasteiger partial charge in [0, 0.05) is 0 Å². The lowest BCUT2D eigenvalue weighted by molar-refractivity contribution is -0.124. The molecular formula is C29H33ClO7S. The molecule has 0 aliphatic rings. The molecule has 0 aliphatic heterocycles. The molecule has 0 amide bonds. The van der Waals surface area contributed by atoms with Gasteiger partial charge in [0.05, 0.1) is 33.0 Å². The molecule has 9 heteroatoms. The molecule has 3 atom stereocenters. The van der Waals surface area contributed by atoms with Crippen LogP contribution in [0.3, 0.4) is 0 Å². The number of hydrogen-bond donors (Lipinski definition) is 1. The lowest BCUT2D eigenvalue weighted by Crippen LogP contribution is -2.45. The van der Waals surface area contributed by atoms with E-state index in [1.54, 1.807) is 6.08 Å². The minimum absolute atomic E-state index is 0.109. The quantitative estimate of drug-likeness (QED) is 0.144. The molecule has 38 heavy (non-hydrogen) atoms. The first-order chi connectivity index (χ1) is 18.5. The third-order valence-corrected chi connectivity index (χ3v) is 7.10. The van der Waals surface area contributed by atoms with E-state index in [1.807, 2.05) is 91.0 Å². The van der Waals surface area contributed by atoms with Gasteiger partial charge in [0.1, 0.15) is 23.5 Å². The molecular weight excluding hydrogens is 528 g/mol. The van der Waals surface area contributed by atoms with Crippen molar-refractivity contribution in [3.05, 3.63) is 120 Å². The van der Waals surface area contributed by atoms with Crippen LogP contribution in [0.4, 0.5) is 0 Å². The van der Waals surface area contributed by atoms with Crippen LogP contribution in [0.1, 0.15) is 16.7 Å². The van der Waals surface area contributed by atoms with Crippen LogP contribution >= 0.6 is 11.6 Å². The van der Waals surface area contributed by atoms with Crippen LogP contribution in [0.5, 0.6) is 0 Å². The lowest BCUT2D eigenvalue weighted by atomic mass is 10.1. The van der Waals surface area contributed by atoms with Crippen LogP contribution in [-0.2, 0) is 48.3 Å². The smallest absolute Gasteiger partial charge is 0.281 e. The molecule has 0 bridgehead atoms. The van der Waals surface area contributed by atoms with Crippen molar-refractivity contribution in [2.24, 2.45) is 0 Å². The maximum absolute atomic E-state index is 12.5. The Morgan fingerprint density at radius 2 is 1.26 bits per heavy atom. The number of halogens is 1. The molecule has 0 spiro atoms. The van der Waals surface area contributed by atoms with Crippen molar-refractivity contribution in [1.82, 2.24) is 0 Å². The standard InChI is InChI=1S/C29H33ClO7S/c30-23-38(32,33)37-28(22-34-19-24-11-4-1-5-12-24)29(36-21-26-15-8-3-9-16-26)27(17-10-18-31)35-20-25-13-6-2-7-14-25/h1-17,27-29,31H,18-23H2/b17-10+/t27-,28+,29?/m1/s1. The summed E-state index contributed by atoms with van der Waals surface area (Å²) in [6.45, 7) is 0.305. The Hall–Kier alpha value is -2.56. The minimum atomic E-state index is -4.09. The average molecular weight is 561 g/mol. The van der Waals surface area contributed by atoms with Crippen LogP contribution in [0.25, 0.3) is 0 Å². The number of alkyl halides is 1. The molecule has 204 valence electrons.